The molecular formula is C39H46ClN5O11S. The van der Waals surface area contributed by atoms with Crippen LogP contribution < -0.4 is 15.4 Å². The summed E-state index contributed by atoms with van der Waals surface area (Å²) in [6.45, 7) is 5.48. The van der Waals surface area contributed by atoms with Gasteiger partial charge in [-0.05, 0) is 75.8 Å². The van der Waals surface area contributed by atoms with E-state index in [0.29, 0.717) is 38.8 Å². The van der Waals surface area contributed by atoms with Crippen LogP contribution in [0, 0.1) is 5.92 Å². The number of nitrogens with one attached hydrogen (secondary N) is 3. The Bertz CT molecular complexity index is 2080. The maximum absolute atomic E-state index is 14.4. The summed E-state index contributed by atoms with van der Waals surface area (Å²) in [5, 5.41) is 14.5. The van der Waals surface area contributed by atoms with Crippen molar-refractivity contribution in [2.45, 2.75) is 113 Å². The molecule has 3 aliphatic heterocycles. The molecule has 3 heterocycles. The van der Waals surface area contributed by atoms with E-state index in [0.717, 1.165) is 29.3 Å². The highest BCUT2D eigenvalue weighted by Gasteiger charge is 2.62. The summed E-state index contributed by atoms with van der Waals surface area (Å²) < 4.78 is 40.3. The van der Waals surface area contributed by atoms with Crippen LogP contribution in [0.5, 0.6) is 0 Å². The molecule has 4 aliphatic rings. The predicted molar refractivity (Wildman–Crippen MR) is 204 cm³/mol. The number of alkyl carbamates (subject to hydrolysis) is 1. The normalized spacial score (nSPS) is 25.7. The number of benzene rings is 2. The zero-order valence-corrected chi connectivity index (χ0v) is 33.4. The van der Waals surface area contributed by atoms with Crippen molar-refractivity contribution in [1.82, 2.24) is 25.2 Å². The van der Waals surface area contributed by atoms with E-state index in [-0.39, 0.29) is 36.4 Å². The highest BCUT2D eigenvalue weighted by atomic mass is 35.5. The molecule has 6 rings (SSSR count). The molecule has 2 fully saturated rings. The van der Waals surface area contributed by atoms with Crippen molar-refractivity contribution in [3.8, 4) is 0 Å². The van der Waals surface area contributed by atoms with E-state index >= 15 is 0 Å². The molecule has 5 amide bonds. The van der Waals surface area contributed by atoms with Gasteiger partial charge in [0.15, 0.2) is 0 Å². The van der Waals surface area contributed by atoms with Gasteiger partial charge in [-0.2, -0.15) is 0 Å². The van der Waals surface area contributed by atoms with E-state index in [1.807, 2.05) is 35.1 Å². The van der Waals surface area contributed by atoms with Crippen LogP contribution in [0.15, 0.2) is 59.5 Å². The Hall–Kier alpha value is -5.16. The van der Waals surface area contributed by atoms with Crippen molar-refractivity contribution >= 4 is 57.5 Å². The lowest BCUT2D eigenvalue weighted by atomic mass is 10.0. The van der Waals surface area contributed by atoms with E-state index in [2.05, 4.69) is 10.6 Å². The minimum atomic E-state index is -4.75. The second-order valence-corrected chi connectivity index (χ2v) is 17.9. The first kappa shape index (κ1) is 41.5. The highest BCUT2D eigenvalue weighted by molar-refractivity contribution is 7.90. The Morgan fingerprint density at radius 2 is 1.72 bits per heavy atom. The third-order valence-corrected chi connectivity index (χ3v) is 12.2. The van der Waals surface area contributed by atoms with Crippen LogP contribution >= 0.6 is 11.6 Å². The number of rotatable bonds is 6. The van der Waals surface area contributed by atoms with E-state index in [1.54, 1.807) is 26.8 Å². The number of halogens is 1. The van der Waals surface area contributed by atoms with Gasteiger partial charge >= 0.3 is 18.2 Å². The van der Waals surface area contributed by atoms with Gasteiger partial charge in [0.2, 0.25) is 11.8 Å². The largest absolute Gasteiger partial charge is 0.478 e. The molecule has 2 aromatic rings. The van der Waals surface area contributed by atoms with Crippen LogP contribution in [0.2, 0.25) is 5.02 Å². The number of nitrogens with zero attached hydrogens (tertiary/aromatic N) is 2. The number of allylic oxidation sites excluding steroid dienone is 1. The number of ether oxygens (including phenoxy) is 2. The predicted octanol–water partition coefficient (Wildman–Crippen LogP) is 4.25. The average Bonchev–Trinajstić information content (AvgIpc) is 3.43. The number of aromatic carboxylic acids is 1. The lowest BCUT2D eigenvalue weighted by Gasteiger charge is -2.30. The molecule has 0 spiro atoms. The van der Waals surface area contributed by atoms with Gasteiger partial charge in [-0.15, -0.1) is 0 Å². The third-order valence-electron chi connectivity index (χ3n) is 10.4. The van der Waals surface area contributed by atoms with E-state index in [4.69, 9.17) is 21.1 Å². The molecule has 1 saturated carbocycles. The number of amides is 5. The minimum Gasteiger partial charge on any atom is -0.478 e. The Labute approximate surface area is 335 Å². The zero-order chi connectivity index (χ0) is 41.3. The highest BCUT2D eigenvalue weighted by Crippen LogP contribution is 2.46. The number of hydrogen-bond donors (Lipinski definition) is 4. The Kier molecular flexibility index (Phi) is 11.9. The molecular weight excluding hydrogens is 782 g/mol. The van der Waals surface area contributed by atoms with Crippen LogP contribution in [0.3, 0.4) is 0 Å². The fourth-order valence-corrected chi connectivity index (χ4v) is 8.97. The Morgan fingerprint density at radius 1 is 1.02 bits per heavy atom. The molecule has 0 radical (unpaired) electrons. The topological polar surface area (TPSA) is 218 Å². The van der Waals surface area contributed by atoms with E-state index in [1.165, 1.54) is 9.80 Å². The first-order valence-electron chi connectivity index (χ1n) is 18.8. The number of carboxylic acid groups (broad SMARTS) is 1. The second kappa shape index (κ2) is 16.4. The average molecular weight is 828 g/mol. The number of carboxylic acids is 1. The summed E-state index contributed by atoms with van der Waals surface area (Å²) in [6.07, 6.45) is 3.71. The van der Waals surface area contributed by atoms with E-state index in [9.17, 15) is 42.3 Å². The van der Waals surface area contributed by atoms with Crippen molar-refractivity contribution in [2.75, 3.05) is 6.54 Å². The van der Waals surface area contributed by atoms with Gasteiger partial charge in [0.25, 0.3) is 15.9 Å². The number of carbonyl (C=O) groups excluding carboxylic acids is 5. The molecule has 1 saturated heterocycles. The molecule has 57 heavy (non-hydrogen) atoms. The van der Waals surface area contributed by atoms with Gasteiger partial charge in [-0.3, -0.25) is 19.3 Å². The first-order valence-corrected chi connectivity index (χ1v) is 20.6. The molecule has 0 bridgehead atoms. The smallest absolute Gasteiger partial charge is 0.410 e. The molecule has 0 aromatic heterocycles. The molecule has 4 N–H and O–H groups in total. The van der Waals surface area contributed by atoms with Crippen LogP contribution in [0.4, 0.5) is 9.59 Å². The maximum atomic E-state index is 14.4. The standard InChI is InChI=1S/C39H46ClN5O11S/c1-38(2,3)56-36(51)41-29-14-8-6-4-5-7-13-26-19-39(26,35(50)43-57(53,54)31-17-23(34(48)49)15-16-28(31)40)42-32(46)30-18-27(22-45(30)33(29)47)55-37(52)44-20-24-11-9-10-12-25(24)21-44/h7,9-13,15-17,26-27,29-30H,4-6,8,14,18-22H2,1-3H3,(H,41,51)(H,42,46)(H,43,50)(H,48,49)/b13-7+/t26-,27-,29+,30+,39-/m1/s1. The molecule has 5 atom stereocenters. The van der Waals surface area contributed by atoms with Crippen LogP contribution in [0.1, 0.15) is 87.2 Å². The fraction of sp³-hybridized carbons (Fsp3) is 0.487. The van der Waals surface area contributed by atoms with Gasteiger partial charge in [0, 0.05) is 25.4 Å². The quantitative estimate of drug-likeness (QED) is 0.302. The van der Waals surface area contributed by atoms with E-state index < -0.39 is 86.0 Å². The Balaban J connectivity index is 1.28. The van der Waals surface area contributed by atoms with Gasteiger partial charge in [-0.1, -0.05) is 60.9 Å². The van der Waals surface area contributed by atoms with Crippen LogP contribution in [0.25, 0.3) is 0 Å². The van der Waals surface area contributed by atoms with Gasteiger partial charge < -0.3 is 30.1 Å². The second-order valence-electron chi connectivity index (χ2n) is 15.8. The summed E-state index contributed by atoms with van der Waals surface area (Å²) in [5.74, 6) is -4.58. The number of sulfonamides is 1. The third kappa shape index (κ3) is 9.52. The van der Waals surface area contributed by atoms with Crippen molar-refractivity contribution in [3.63, 3.8) is 0 Å². The summed E-state index contributed by atoms with van der Waals surface area (Å²) in [5.41, 5.74) is -1.09. The molecule has 2 aromatic carbocycles. The number of hydrogen-bond acceptors (Lipinski definition) is 10. The summed E-state index contributed by atoms with van der Waals surface area (Å²) in [7, 11) is -4.75. The SMILES string of the molecule is CC(C)(C)OC(=O)N[C@H]1CCCCC/C=C/[C@@H]2C[C@@]2(C(=O)NS(=O)(=O)c2cc(C(=O)O)ccc2Cl)NC(=O)[C@@H]2C[C@@H](OC(=O)N3Cc4ccccc4C3)CN2C1=O. The Morgan fingerprint density at radius 3 is 2.39 bits per heavy atom. The molecule has 306 valence electrons. The van der Waals surface area contributed by atoms with Crippen molar-refractivity contribution in [1.29, 1.82) is 0 Å². The lowest BCUT2D eigenvalue weighted by molar-refractivity contribution is -0.141. The fourth-order valence-electron chi connectivity index (χ4n) is 7.40. The molecule has 1 aliphatic carbocycles. The summed E-state index contributed by atoms with van der Waals surface area (Å²) >= 11 is 6.14. The molecule has 16 nitrogen and oxygen atoms in total. The van der Waals surface area contributed by atoms with Gasteiger partial charge in [-0.25, -0.2) is 27.5 Å². The maximum Gasteiger partial charge on any atom is 0.410 e. The number of fused-ring (bicyclic) bond motifs is 3. The van der Waals surface area contributed by atoms with Crippen molar-refractivity contribution in [2.24, 2.45) is 5.92 Å². The van der Waals surface area contributed by atoms with Gasteiger partial charge in [0.1, 0.15) is 34.2 Å². The summed E-state index contributed by atoms with van der Waals surface area (Å²) in [6, 6.07) is 8.18. The van der Waals surface area contributed by atoms with Crippen LogP contribution in [-0.2, 0) is 47.0 Å². The molecule has 18 heteroatoms. The molecule has 0 unspecified atom stereocenters. The minimum absolute atomic E-state index is 0.0108. The zero-order valence-electron chi connectivity index (χ0n) is 31.8. The number of carbonyl (C=O) groups is 6. The van der Waals surface area contributed by atoms with Crippen LogP contribution in [-0.4, -0.2) is 95.1 Å². The lowest BCUT2D eigenvalue weighted by Crippen LogP contribution is -2.58. The monoisotopic (exact) mass is 827 g/mol. The van der Waals surface area contributed by atoms with Crippen molar-refractivity contribution < 1.29 is 51.8 Å². The van der Waals surface area contributed by atoms with Crippen molar-refractivity contribution in [3.05, 3.63) is 76.3 Å². The first-order chi connectivity index (χ1) is 26.9. The summed E-state index contributed by atoms with van der Waals surface area (Å²) in [4.78, 5) is 82.8. The van der Waals surface area contributed by atoms with Gasteiger partial charge in [0.05, 0.1) is 17.1 Å².